The van der Waals surface area contributed by atoms with Gasteiger partial charge in [0.1, 0.15) is 17.2 Å². The number of anilines is 2. The van der Waals surface area contributed by atoms with Gasteiger partial charge in [-0.15, -0.1) is 0 Å². The van der Waals surface area contributed by atoms with Crippen LogP contribution in [-0.2, 0) is 14.3 Å². The number of pyridine rings is 2. The van der Waals surface area contributed by atoms with Gasteiger partial charge in [0.15, 0.2) is 5.65 Å². The molecular formula is C27H34N6O6S. The molecule has 40 heavy (non-hydrogen) atoms. The summed E-state index contributed by atoms with van der Waals surface area (Å²) in [5.74, 6) is -0.0655. The second kappa shape index (κ2) is 12.0. The fourth-order valence-electron chi connectivity index (χ4n) is 5.14. The predicted octanol–water partition coefficient (Wildman–Crippen LogP) is 2.68. The Bertz CT molecular complexity index is 1460. The predicted molar refractivity (Wildman–Crippen MR) is 151 cm³/mol. The number of carboxylic acid groups (broad SMARTS) is 1. The Kier molecular flexibility index (Phi) is 8.43. The first-order valence-electron chi connectivity index (χ1n) is 13.5. The van der Waals surface area contributed by atoms with E-state index in [1.54, 1.807) is 20.1 Å². The van der Waals surface area contributed by atoms with Gasteiger partial charge in [0, 0.05) is 64.5 Å². The first-order valence-corrected chi connectivity index (χ1v) is 14.3. The summed E-state index contributed by atoms with van der Waals surface area (Å²) in [7, 11) is 3.45. The molecule has 0 saturated carbocycles. The Balaban J connectivity index is 1.41. The number of methoxy groups -OCH3 is 1. The Hall–Kier alpha value is -3.42. The maximum absolute atomic E-state index is 13.2. The highest BCUT2D eigenvalue weighted by Gasteiger charge is 2.34. The van der Waals surface area contributed by atoms with Crippen molar-refractivity contribution in [1.82, 2.24) is 18.9 Å². The maximum Gasteiger partial charge on any atom is 0.341 e. The van der Waals surface area contributed by atoms with E-state index in [1.165, 1.54) is 10.8 Å². The molecule has 2 fully saturated rings. The number of hydrogen-bond donors (Lipinski definition) is 1. The summed E-state index contributed by atoms with van der Waals surface area (Å²) in [6, 6.07) is 1.78. The van der Waals surface area contributed by atoms with E-state index in [9.17, 15) is 19.5 Å². The first kappa shape index (κ1) is 28.1. The molecule has 0 aliphatic carbocycles. The van der Waals surface area contributed by atoms with Crippen molar-refractivity contribution in [2.45, 2.75) is 45.1 Å². The van der Waals surface area contributed by atoms with E-state index in [0.29, 0.717) is 60.8 Å². The summed E-state index contributed by atoms with van der Waals surface area (Å²) in [5, 5.41) is 10.3. The van der Waals surface area contributed by atoms with Gasteiger partial charge in [0.2, 0.25) is 16.5 Å². The van der Waals surface area contributed by atoms with Crippen molar-refractivity contribution in [3.05, 3.63) is 33.6 Å². The van der Waals surface area contributed by atoms with Crippen LogP contribution >= 0.6 is 11.5 Å². The third-order valence-electron chi connectivity index (χ3n) is 7.60. The van der Waals surface area contributed by atoms with E-state index in [-0.39, 0.29) is 28.8 Å². The fourth-order valence-corrected chi connectivity index (χ4v) is 5.83. The fraction of sp³-hybridized carbons (Fsp3) is 0.556. The summed E-state index contributed by atoms with van der Waals surface area (Å²) in [6.45, 7) is 4.71. The second-order valence-corrected chi connectivity index (χ2v) is 11.2. The van der Waals surface area contributed by atoms with Gasteiger partial charge in [-0.1, -0.05) is 0 Å². The SMILES string of the molecule is COCCN(C)c1nsc(-n2cc(C(=O)O)c(=O)c3c(C)cc(N4CC(C(=O)CCC5CCCCO5)C4)nc32)n1. The summed E-state index contributed by atoms with van der Waals surface area (Å²) in [5.41, 5.74) is -0.0606. The summed E-state index contributed by atoms with van der Waals surface area (Å²) < 4.78 is 16.8. The molecule has 3 aromatic rings. The number of Topliss-reactive ketones (excluding diaryl/α,β-unsaturated/α-hetero) is 1. The second-order valence-electron chi connectivity index (χ2n) is 10.4. The first-order chi connectivity index (χ1) is 19.3. The lowest BCUT2D eigenvalue weighted by atomic mass is 9.90. The Labute approximate surface area is 235 Å². The lowest BCUT2D eigenvalue weighted by molar-refractivity contribution is -0.124. The molecular weight excluding hydrogens is 536 g/mol. The van der Waals surface area contributed by atoms with Crippen molar-refractivity contribution in [1.29, 1.82) is 0 Å². The van der Waals surface area contributed by atoms with E-state index >= 15 is 0 Å². The third kappa shape index (κ3) is 5.72. The van der Waals surface area contributed by atoms with Gasteiger partial charge in [0.25, 0.3) is 0 Å². The van der Waals surface area contributed by atoms with Crippen molar-refractivity contribution >= 4 is 46.1 Å². The lowest BCUT2D eigenvalue weighted by Crippen LogP contribution is -2.51. The number of aromatic nitrogens is 4. The van der Waals surface area contributed by atoms with Crippen LogP contribution in [-0.4, -0.2) is 88.9 Å². The van der Waals surface area contributed by atoms with E-state index in [1.807, 2.05) is 16.8 Å². The molecule has 2 aliphatic rings. The number of carbonyl (C=O) groups is 2. The molecule has 0 bridgehead atoms. The molecule has 214 valence electrons. The van der Waals surface area contributed by atoms with Crippen LogP contribution in [0, 0.1) is 12.8 Å². The Morgan fingerprint density at radius 2 is 2.08 bits per heavy atom. The number of fused-ring (bicyclic) bond motifs is 1. The van der Waals surface area contributed by atoms with Gasteiger partial charge < -0.3 is 24.4 Å². The average molecular weight is 571 g/mol. The van der Waals surface area contributed by atoms with Crippen molar-refractivity contribution in [3.63, 3.8) is 0 Å². The van der Waals surface area contributed by atoms with Crippen molar-refractivity contribution < 1.29 is 24.2 Å². The lowest BCUT2D eigenvalue weighted by Gasteiger charge is -2.39. The number of carboxylic acids is 1. The van der Waals surface area contributed by atoms with Crippen molar-refractivity contribution in [2.24, 2.45) is 5.92 Å². The van der Waals surface area contributed by atoms with Crippen LogP contribution in [0.3, 0.4) is 0 Å². The van der Waals surface area contributed by atoms with Gasteiger partial charge in [0.05, 0.1) is 24.0 Å². The largest absolute Gasteiger partial charge is 0.477 e. The highest BCUT2D eigenvalue weighted by Crippen LogP contribution is 2.30. The number of hydrogen-bond acceptors (Lipinski definition) is 11. The standard InChI is InChI=1S/C27H34N6O6S/c1-16-12-21(32-13-17(14-32)20(34)8-7-18-6-4-5-10-39-18)28-24-22(16)23(35)19(25(36)37)15-33(24)27-29-26(30-40-27)31(2)9-11-38-3/h12,15,17-18H,4-11,13-14H2,1-3H3,(H,36,37). The molecule has 1 atom stereocenters. The molecule has 3 aromatic heterocycles. The highest BCUT2D eigenvalue weighted by molar-refractivity contribution is 7.08. The van der Waals surface area contributed by atoms with Crippen molar-refractivity contribution in [2.75, 3.05) is 56.8 Å². The van der Waals surface area contributed by atoms with E-state index < -0.39 is 11.4 Å². The molecule has 0 spiro atoms. The number of carbonyl (C=O) groups excluding carboxylic acids is 1. The van der Waals surface area contributed by atoms with Crippen LogP contribution in [0.1, 0.15) is 48.0 Å². The van der Waals surface area contributed by atoms with Gasteiger partial charge in [-0.3, -0.25) is 14.2 Å². The zero-order valence-electron chi connectivity index (χ0n) is 23.0. The van der Waals surface area contributed by atoms with Gasteiger partial charge >= 0.3 is 5.97 Å². The monoisotopic (exact) mass is 570 g/mol. The minimum atomic E-state index is -1.33. The third-order valence-corrected chi connectivity index (χ3v) is 8.31. The summed E-state index contributed by atoms with van der Waals surface area (Å²) in [6.07, 6.45) is 6.01. The highest BCUT2D eigenvalue weighted by atomic mass is 32.1. The molecule has 0 aromatic carbocycles. The molecule has 5 heterocycles. The molecule has 12 nitrogen and oxygen atoms in total. The number of aromatic carboxylic acids is 1. The van der Waals surface area contributed by atoms with Crippen LogP contribution in [0.2, 0.25) is 0 Å². The minimum absolute atomic E-state index is 0.0636. The number of rotatable bonds is 11. The van der Waals surface area contributed by atoms with Crippen LogP contribution in [0.25, 0.3) is 16.2 Å². The quantitative estimate of drug-likeness (QED) is 0.364. The molecule has 1 unspecified atom stereocenters. The van der Waals surface area contributed by atoms with Gasteiger partial charge in [-0.2, -0.15) is 9.36 Å². The number of aryl methyl sites for hydroxylation is 1. The Morgan fingerprint density at radius 3 is 2.77 bits per heavy atom. The number of nitrogens with zero attached hydrogens (tertiary/aromatic N) is 6. The average Bonchev–Trinajstić information content (AvgIpc) is 3.40. The van der Waals surface area contributed by atoms with Gasteiger partial charge in [-0.25, -0.2) is 9.78 Å². The van der Waals surface area contributed by atoms with Crippen molar-refractivity contribution in [3.8, 4) is 5.13 Å². The zero-order chi connectivity index (χ0) is 28.4. The minimum Gasteiger partial charge on any atom is -0.477 e. The topological polar surface area (TPSA) is 140 Å². The van der Waals surface area contributed by atoms with Gasteiger partial charge in [-0.05, 0) is 44.2 Å². The molecule has 0 amide bonds. The molecule has 2 aliphatic heterocycles. The van der Waals surface area contributed by atoms with Crippen LogP contribution in [0.15, 0.2) is 17.1 Å². The van der Waals surface area contributed by atoms with E-state index in [4.69, 9.17) is 14.5 Å². The maximum atomic E-state index is 13.2. The molecule has 2 saturated heterocycles. The van der Waals surface area contributed by atoms with Crippen LogP contribution < -0.4 is 15.2 Å². The zero-order valence-corrected chi connectivity index (χ0v) is 23.8. The smallest absolute Gasteiger partial charge is 0.341 e. The van der Waals surface area contributed by atoms with E-state index in [0.717, 1.165) is 43.8 Å². The van der Waals surface area contributed by atoms with Crippen LogP contribution in [0.5, 0.6) is 0 Å². The van der Waals surface area contributed by atoms with E-state index in [2.05, 4.69) is 9.36 Å². The normalized spacial score (nSPS) is 17.7. The van der Waals surface area contributed by atoms with Crippen LogP contribution in [0.4, 0.5) is 11.8 Å². The summed E-state index contributed by atoms with van der Waals surface area (Å²) >= 11 is 1.08. The Morgan fingerprint density at radius 1 is 1.27 bits per heavy atom. The number of ketones is 1. The molecule has 5 rings (SSSR count). The molecule has 0 radical (unpaired) electrons. The molecule has 13 heteroatoms. The number of likely N-dealkylation sites (N-methyl/N-ethyl adjacent to an activating group) is 1. The number of ether oxygens (including phenoxy) is 2. The molecule has 1 N–H and O–H groups in total. The summed E-state index contributed by atoms with van der Waals surface area (Å²) in [4.78, 5) is 51.1.